The number of carbonyl (C=O) groups is 1. The predicted octanol–water partition coefficient (Wildman–Crippen LogP) is -0.650. The Hall–Kier alpha value is -0.610. The molecule has 0 aromatic heterocycles. The first-order valence-electron chi connectivity index (χ1n) is 4.23. The summed E-state index contributed by atoms with van der Waals surface area (Å²) in [6.07, 6.45) is 0.299. The lowest BCUT2D eigenvalue weighted by Gasteiger charge is -2.23. The summed E-state index contributed by atoms with van der Waals surface area (Å²) in [5.74, 6) is -0.0107. The van der Waals surface area contributed by atoms with Crippen LogP contribution < -0.4 is 0 Å². The maximum atomic E-state index is 11.2. The van der Waals surface area contributed by atoms with Crippen LogP contribution in [0.4, 0.5) is 0 Å². The summed E-state index contributed by atoms with van der Waals surface area (Å²) >= 11 is 0. The standard InChI is InChI=1S/C8H15NO3/c1-6(2-3-10)9-5-7(11)4-8(9)12/h6-7,10-11H,2-5H2,1H3/t6-,7?/m1/s1. The van der Waals surface area contributed by atoms with E-state index in [-0.39, 0.29) is 25.0 Å². The third-order valence-corrected chi connectivity index (χ3v) is 2.22. The fraction of sp³-hybridized carbons (Fsp3) is 0.875. The van der Waals surface area contributed by atoms with E-state index in [2.05, 4.69) is 0 Å². The molecule has 4 nitrogen and oxygen atoms in total. The van der Waals surface area contributed by atoms with Crippen LogP contribution in [0.15, 0.2) is 0 Å². The minimum Gasteiger partial charge on any atom is -0.396 e. The highest BCUT2D eigenvalue weighted by Gasteiger charge is 2.30. The molecule has 1 unspecified atom stereocenters. The predicted molar refractivity (Wildman–Crippen MR) is 43.5 cm³/mol. The van der Waals surface area contributed by atoms with Gasteiger partial charge in [-0.2, -0.15) is 0 Å². The van der Waals surface area contributed by atoms with Gasteiger partial charge in [-0.05, 0) is 13.3 Å². The number of hydrogen-bond donors (Lipinski definition) is 2. The van der Waals surface area contributed by atoms with Gasteiger partial charge in [0, 0.05) is 19.2 Å². The van der Waals surface area contributed by atoms with Crippen LogP contribution >= 0.6 is 0 Å². The van der Waals surface area contributed by atoms with Crippen LogP contribution in [0.25, 0.3) is 0 Å². The van der Waals surface area contributed by atoms with E-state index in [4.69, 9.17) is 10.2 Å². The molecule has 0 spiro atoms. The molecule has 0 aliphatic carbocycles. The monoisotopic (exact) mass is 173 g/mol. The fourth-order valence-electron chi connectivity index (χ4n) is 1.48. The molecule has 0 saturated carbocycles. The number of hydrogen-bond acceptors (Lipinski definition) is 3. The van der Waals surface area contributed by atoms with E-state index < -0.39 is 6.10 Å². The van der Waals surface area contributed by atoms with Crippen LogP contribution in [0.3, 0.4) is 0 Å². The average Bonchev–Trinajstić information content (AvgIpc) is 2.30. The third kappa shape index (κ3) is 1.95. The molecule has 0 aromatic rings. The van der Waals surface area contributed by atoms with Crippen molar-refractivity contribution in [3.8, 4) is 0 Å². The van der Waals surface area contributed by atoms with Crippen molar-refractivity contribution < 1.29 is 15.0 Å². The maximum Gasteiger partial charge on any atom is 0.225 e. The lowest BCUT2D eigenvalue weighted by atomic mass is 10.2. The van der Waals surface area contributed by atoms with Gasteiger partial charge in [-0.3, -0.25) is 4.79 Å². The molecule has 0 radical (unpaired) electrons. The number of carbonyl (C=O) groups excluding carboxylic acids is 1. The number of likely N-dealkylation sites (tertiary alicyclic amines) is 1. The van der Waals surface area contributed by atoms with Gasteiger partial charge in [0.2, 0.25) is 5.91 Å². The molecule has 1 aliphatic heterocycles. The average molecular weight is 173 g/mol. The Morgan fingerprint density at radius 2 is 2.42 bits per heavy atom. The van der Waals surface area contributed by atoms with Crippen molar-refractivity contribution >= 4 is 5.91 Å². The summed E-state index contributed by atoms with van der Waals surface area (Å²) in [6, 6.07) is 0.0413. The van der Waals surface area contributed by atoms with Gasteiger partial charge in [0.05, 0.1) is 12.5 Å². The van der Waals surface area contributed by atoms with Crippen molar-refractivity contribution in [3.63, 3.8) is 0 Å². The van der Waals surface area contributed by atoms with E-state index in [1.54, 1.807) is 4.90 Å². The van der Waals surface area contributed by atoms with Crippen LogP contribution in [-0.2, 0) is 4.79 Å². The third-order valence-electron chi connectivity index (χ3n) is 2.22. The number of rotatable bonds is 3. The second kappa shape index (κ2) is 3.87. The molecule has 1 rings (SSSR count). The van der Waals surface area contributed by atoms with Crippen LogP contribution in [-0.4, -0.2) is 46.3 Å². The molecule has 2 N–H and O–H groups in total. The van der Waals surface area contributed by atoms with Crippen LogP contribution in [0, 0.1) is 0 Å². The molecule has 0 bridgehead atoms. The number of aliphatic hydroxyl groups excluding tert-OH is 2. The Kier molecular flexibility index (Phi) is 3.05. The number of β-amino-alcohol motifs (C(OH)–C–C–N with tert-alkyl or cyclic N) is 1. The quantitative estimate of drug-likeness (QED) is 0.596. The van der Waals surface area contributed by atoms with E-state index in [1.165, 1.54) is 0 Å². The van der Waals surface area contributed by atoms with E-state index in [0.717, 1.165) is 0 Å². The smallest absolute Gasteiger partial charge is 0.225 e. The summed E-state index contributed by atoms with van der Waals surface area (Å²) in [5, 5.41) is 17.8. The Morgan fingerprint density at radius 3 is 2.83 bits per heavy atom. The molecule has 1 amide bonds. The van der Waals surface area contributed by atoms with Crippen LogP contribution in [0.5, 0.6) is 0 Å². The zero-order valence-corrected chi connectivity index (χ0v) is 7.23. The number of aliphatic hydroxyl groups is 2. The second-order valence-electron chi connectivity index (χ2n) is 3.27. The highest BCUT2D eigenvalue weighted by Crippen LogP contribution is 2.15. The minimum atomic E-state index is -0.515. The number of amides is 1. The first kappa shape index (κ1) is 9.48. The second-order valence-corrected chi connectivity index (χ2v) is 3.27. The minimum absolute atomic E-state index is 0.0107. The Labute approximate surface area is 71.8 Å². The number of nitrogens with zero attached hydrogens (tertiary/aromatic N) is 1. The van der Waals surface area contributed by atoms with E-state index in [1.807, 2.05) is 6.92 Å². The normalized spacial score (nSPS) is 26.4. The van der Waals surface area contributed by atoms with Gasteiger partial charge in [0.1, 0.15) is 0 Å². The van der Waals surface area contributed by atoms with Gasteiger partial charge in [-0.15, -0.1) is 0 Å². The fourth-order valence-corrected chi connectivity index (χ4v) is 1.48. The van der Waals surface area contributed by atoms with Crippen molar-refractivity contribution in [1.29, 1.82) is 0 Å². The molecule has 1 saturated heterocycles. The Balaban J connectivity index is 2.46. The van der Waals surface area contributed by atoms with Crippen molar-refractivity contribution in [2.24, 2.45) is 0 Å². The highest BCUT2D eigenvalue weighted by atomic mass is 16.3. The zero-order chi connectivity index (χ0) is 9.14. The van der Waals surface area contributed by atoms with Crippen molar-refractivity contribution in [2.45, 2.75) is 31.9 Å². The first-order valence-corrected chi connectivity index (χ1v) is 4.23. The van der Waals surface area contributed by atoms with Gasteiger partial charge in [-0.25, -0.2) is 0 Å². The summed E-state index contributed by atoms with van der Waals surface area (Å²) in [7, 11) is 0. The summed E-state index contributed by atoms with van der Waals surface area (Å²) in [6.45, 7) is 2.38. The van der Waals surface area contributed by atoms with Crippen LogP contribution in [0.2, 0.25) is 0 Å². The topological polar surface area (TPSA) is 60.8 Å². The summed E-state index contributed by atoms with van der Waals surface area (Å²) < 4.78 is 0. The molecular formula is C8H15NO3. The first-order chi connectivity index (χ1) is 5.65. The molecule has 12 heavy (non-hydrogen) atoms. The molecule has 2 atom stereocenters. The Morgan fingerprint density at radius 1 is 1.75 bits per heavy atom. The van der Waals surface area contributed by atoms with Crippen molar-refractivity contribution in [1.82, 2.24) is 4.90 Å². The van der Waals surface area contributed by atoms with Crippen LogP contribution in [0.1, 0.15) is 19.8 Å². The lowest BCUT2D eigenvalue weighted by molar-refractivity contribution is -0.129. The summed E-state index contributed by atoms with van der Waals surface area (Å²) in [4.78, 5) is 12.8. The molecule has 1 fully saturated rings. The molecule has 1 heterocycles. The van der Waals surface area contributed by atoms with Gasteiger partial charge in [-0.1, -0.05) is 0 Å². The molecule has 70 valence electrons. The molecule has 4 heteroatoms. The zero-order valence-electron chi connectivity index (χ0n) is 7.23. The van der Waals surface area contributed by atoms with Gasteiger partial charge >= 0.3 is 0 Å². The van der Waals surface area contributed by atoms with Gasteiger partial charge in [0.25, 0.3) is 0 Å². The summed E-state index contributed by atoms with van der Waals surface area (Å²) in [5.41, 5.74) is 0. The highest BCUT2D eigenvalue weighted by molar-refractivity contribution is 5.79. The Bertz CT molecular complexity index is 172. The molecule has 1 aliphatic rings. The van der Waals surface area contributed by atoms with Crippen molar-refractivity contribution in [2.75, 3.05) is 13.2 Å². The van der Waals surface area contributed by atoms with E-state index in [0.29, 0.717) is 13.0 Å². The SMILES string of the molecule is C[C@H](CCO)N1CC(O)CC1=O. The van der Waals surface area contributed by atoms with E-state index in [9.17, 15) is 4.79 Å². The van der Waals surface area contributed by atoms with E-state index >= 15 is 0 Å². The van der Waals surface area contributed by atoms with Gasteiger partial charge < -0.3 is 15.1 Å². The molecule has 0 aromatic carbocycles. The van der Waals surface area contributed by atoms with Crippen molar-refractivity contribution in [3.05, 3.63) is 0 Å². The van der Waals surface area contributed by atoms with Gasteiger partial charge in [0.15, 0.2) is 0 Å². The largest absolute Gasteiger partial charge is 0.396 e. The maximum absolute atomic E-state index is 11.2. The lowest BCUT2D eigenvalue weighted by Crippen LogP contribution is -2.35. The molecular weight excluding hydrogens is 158 g/mol.